The van der Waals surface area contributed by atoms with Gasteiger partial charge in [-0.2, -0.15) is 0 Å². The van der Waals surface area contributed by atoms with E-state index in [4.69, 9.17) is 9.47 Å². The molecule has 6 nitrogen and oxygen atoms in total. The van der Waals surface area contributed by atoms with E-state index in [-0.39, 0.29) is 17.9 Å². The molecule has 0 saturated carbocycles. The Morgan fingerprint density at radius 3 is 2.95 bits per heavy atom. The minimum Gasteiger partial charge on any atom is -0.472 e. The van der Waals surface area contributed by atoms with Crippen LogP contribution >= 0.6 is 0 Å². The van der Waals surface area contributed by atoms with Gasteiger partial charge in [-0.3, -0.25) is 4.79 Å². The van der Waals surface area contributed by atoms with Crippen LogP contribution in [-0.4, -0.2) is 53.2 Å². The first-order valence-electron chi connectivity index (χ1n) is 7.12. The lowest BCUT2D eigenvalue weighted by atomic mass is 9.99. The third-order valence-corrected chi connectivity index (χ3v) is 3.87. The number of carbonyl (C=O) groups is 1. The Bertz CT molecular complexity index is 448. The number of nitrogens with zero attached hydrogens (tertiary/aromatic N) is 3. The number of aromatic nitrogens is 2. The summed E-state index contributed by atoms with van der Waals surface area (Å²) in [4.78, 5) is 22.2. The Labute approximate surface area is 118 Å². The highest BCUT2D eigenvalue weighted by Crippen LogP contribution is 2.22. The predicted octanol–water partition coefficient (Wildman–Crippen LogP) is 0.883. The van der Waals surface area contributed by atoms with E-state index in [9.17, 15) is 4.79 Å². The fourth-order valence-electron chi connectivity index (χ4n) is 2.75. The molecular weight excluding hydrogens is 258 g/mol. The first-order chi connectivity index (χ1) is 9.83. The van der Waals surface area contributed by atoms with E-state index >= 15 is 0 Å². The van der Waals surface area contributed by atoms with Crippen LogP contribution in [0.2, 0.25) is 0 Å². The second-order valence-corrected chi connectivity index (χ2v) is 5.25. The standard InChI is InChI=1S/C14H19N3O3/c18-14(11-3-7-19-8-4-11)17-6-2-12(9-17)20-13-1-5-15-10-16-13/h1,5,10-12H,2-4,6-9H2. The zero-order chi connectivity index (χ0) is 13.8. The molecule has 0 aliphatic carbocycles. The molecule has 1 aromatic heterocycles. The number of amides is 1. The van der Waals surface area contributed by atoms with E-state index in [0.29, 0.717) is 25.6 Å². The van der Waals surface area contributed by atoms with E-state index in [0.717, 1.165) is 25.8 Å². The molecule has 20 heavy (non-hydrogen) atoms. The first-order valence-corrected chi connectivity index (χ1v) is 7.12. The van der Waals surface area contributed by atoms with E-state index in [2.05, 4.69) is 9.97 Å². The molecule has 108 valence electrons. The van der Waals surface area contributed by atoms with Crippen LogP contribution in [0.3, 0.4) is 0 Å². The SMILES string of the molecule is O=C(C1CCOCC1)N1CCC(Oc2ccncn2)C1. The number of hydrogen-bond donors (Lipinski definition) is 0. The van der Waals surface area contributed by atoms with Crippen molar-refractivity contribution in [3.05, 3.63) is 18.6 Å². The van der Waals surface area contributed by atoms with E-state index in [1.54, 1.807) is 12.3 Å². The van der Waals surface area contributed by atoms with Crippen molar-refractivity contribution in [3.8, 4) is 5.88 Å². The highest BCUT2D eigenvalue weighted by atomic mass is 16.5. The largest absolute Gasteiger partial charge is 0.472 e. The highest BCUT2D eigenvalue weighted by molar-refractivity contribution is 5.79. The Balaban J connectivity index is 1.52. The molecule has 3 heterocycles. The van der Waals surface area contributed by atoms with Gasteiger partial charge in [-0.1, -0.05) is 0 Å². The Morgan fingerprint density at radius 1 is 1.35 bits per heavy atom. The number of hydrogen-bond acceptors (Lipinski definition) is 5. The average molecular weight is 277 g/mol. The maximum absolute atomic E-state index is 12.4. The van der Waals surface area contributed by atoms with Crippen molar-refractivity contribution in [2.45, 2.75) is 25.4 Å². The smallest absolute Gasteiger partial charge is 0.225 e. The molecule has 6 heteroatoms. The predicted molar refractivity (Wildman–Crippen MR) is 71.2 cm³/mol. The van der Waals surface area contributed by atoms with Crippen molar-refractivity contribution in [2.75, 3.05) is 26.3 Å². The topological polar surface area (TPSA) is 64.5 Å². The van der Waals surface area contributed by atoms with Gasteiger partial charge in [-0.25, -0.2) is 9.97 Å². The molecule has 3 rings (SSSR count). The maximum atomic E-state index is 12.4. The molecule has 0 aromatic carbocycles. The van der Waals surface area contributed by atoms with E-state index < -0.39 is 0 Å². The quantitative estimate of drug-likeness (QED) is 0.820. The lowest BCUT2D eigenvalue weighted by Crippen LogP contribution is -2.38. The molecule has 2 saturated heterocycles. The van der Waals surface area contributed by atoms with Crippen molar-refractivity contribution in [2.24, 2.45) is 5.92 Å². The van der Waals surface area contributed by atoms with E-state index in [1.165, 1.54) is 6.33 Å². The van der Waals surface area contributed by atoms with Crippen molar-refractivity contribution in [3.63, 3.8) is 0 Å². The van der Waals surface area contributed by atoms with Gasteiger partial charge in [0.05, 0.1) is 6.54 Å². The summed E-state index contributed by atoms with van der Waals surface area (Å²) in [5.74, 6) is 0.953. The second kappa shape index (κ2) is 6.17. The Morgan fingerprint density at radius 2 is 2.20 bits per heavy atom. The van der Waals surface area contributed by atoms with Gasteiger partial charge in [0.2, 0.25) is 11.8 Å². The van der Waals surface area contributed by atoms with Crippen LogP contribution in [0.5, 0.6) is 5.88 Å². The molecule has 0 bridgehead atoms. The molecule has 0 spiro atoms. The fourth-order valence-corrected chi connectivity index (χ4v) is 2.75. The van der Waals surface area contributed by atoms with Crippen molar-refractivity contribution in [1.29, 1.82) is 0 Å². The third kappa shape index (κ3) is 3.07. The highest BCUT2D eigenvalue weighted by Gasteiger charge is 2.32. The minimum atomic E-state index is 0.0358. The molecule has 2 fully saturated rings. The lowest BCUT2D eigenvalue weighted by Gasteiger charge is -2.26. The van der Waals surface area contributed by atoms with Crippen molar-refractivity contribution >= 4 is 5.91 Å². The monoisotopic (exact) mass is 277 g/mol. The van der Waals surface area contributed by atoms with Crippen LogP contribution in [0.4, 0.5) is 0 Å². The maximum Gasteiger partial charge on any atom is 0.225 e. The second-order valence-electron chi connectivity index (χ2n) is 5.25. The van der Waals surface area contributed by atoms with Gasteiger partial charge in [0.1, 0.15) is 12.4 Å². The molecular formula is C14H19N3O3. The van der Waals surface area contributed by atoms with E-state index in [1.807, 2.05) is 4.90 Å². The number of rotatable bonds is 3. The van der Waals surface area contributed by atoms with Crippen LogP contribution in [0.25, 0.3) is 0 Å². The van der Waals surface area contributed by atoms with Gasteiger partial charge in [-0.15, -0.1) is 0 Å². The number of carbonyl (C=O) groups excluding carboxylic acids is 1. The summed E-state index contributed by atoms with van der Waals surface area (Å²) >= 11 is 0. The summed E-state index contributed by atoms with van der Waals surface area (Å²) in [6, 6.07) is 1.74. The lowest BCUT2D eigenvalue weighted by molar-refractivity contribution is -0.137. The van der Waals surface area contributed by atoms with Gasteiger partial charge in [0, 0.05) is 44.4 Å². The van der Waals surface area contributed by atoms with Crippen LogP contribution in [0.15, 0.2) is 18.6 Å². The van der Waals surface area contributed by atoms with Crippen LogP contribution < -0.4 is 4.74 Å². The molecule has 0 N–H and O–H groups in total. The minimum absolute atomic E-state index is 0.0358. The summed E-state index contributed by atoms with van der Waals surface area (Å²) in [6.07, 6.45) is 5.70. The van der Waals surface area contributed by atoms with Gasteiger partial charge in [0.25, 0.3) is 0 Å². The molecule has 1 aromatic rings. The van der Waals surface area contributed by atoms with Crippen LogP contribution in [0.1, 0.15) is 19.3 Å². The fraction of sp³-hybridized carbons (Fsp3) is 0.643. The number of ether oxygens (including phenoxy) is 2. The summed E-state index contributed by atoms with van der Waals surface area (Å²) in [7, 11) is 0. The first kappa shape index (κ1) is 13.3. The Hall–Kier alpha value is -1.69. The summed E-state index contributed by atoms with van der Waals surface area (Å²) < 4.78 is 11.1. The van der Waals surface area contributed by atoms with Gasteiger partial charge < -0.3 is 14.4 Å². The summed E-state index contributed by atoms with van der Waals surface area (Å²) in [5.41, 5.74) is 0. The molecule has 1 unspecified atom stereocenters. The average Bonchev–Trinajstić information content (AvgIpc) is 2.97. The van der Waals surface area contributed by atoms with Crippen molar-refractivity contribution < 1.29 is 14.3 Å². The summed E-state index contributed by atoms with van der Waals surface area (Å²) in [5, 5.41) is 0. The molecule has 2 aliphatic rings. The molecule has 2 aliphatic heterocycles. The molecule has 1 atom stereocenters. The summed E-state index contributed by atoms with van der Waals surface area (Å²) in [6.45, 7) is 2.82. The number of likely N-dealkylation sites (tertiary alicyclic amines) is 1. The van der Waals surface area contributed by atoms with Gasteiger partial charge in [-0.05, 0) is 12.8 Å². The zero-order valence-electron chi connectivity index (χ0n) is 11.4. The van der Waals surface area contributed by atoms with Gasteiger partial charge >= 0.3 is 0 Å². The molecule has 0 radical (unpaired) electrons. The van der Waals surface area contributed by atoms with Gasteiger partial charge in [0.15, 0.2) is 0 Å². The van der Waals surface area contributed by atoms with Crippen LogP contribution in [-0.2, 0) is 9.53 Å². The van der Waals surface area contributed by atoms with Crippen molar-refractivity contribution in [1.82, 2.24) is 14.9 Å². The third-order valence-electron chi connectivity index (χ3n) is 3.87. The zero-order valence-corrected chi connectivity index (χ0v) is 11.4. The molecule has 1 amide bonds. The van der Waals surface area contributed by atoms with Crippen LogP contribution in [0, 0.1) is 5.92 Å². The Kier molecular flexibility index (Phi) is 4.11. The normalized spacial score (nSPS) is 23.8.